The van der Waals surface area contributed by atoms with Crippen molar-refractivity contribution in [2.75, 3.05) is 10.6 Å². The molecule has 0 heterocycles. The molecule has 2 N–H and O–H groups in total. The molecule has 2 aromatic carbocycles. The Morgan fingerprint density at radius 3 is 2.32 bits per heavy atom. The summed E-state index contributed by atoms with van der Waals surface area (Å²) in [6.45, 7) is 0. The van der Waals surface area contributed by atoms with Crippen molar-refractivity contribution in [3.8, 4) is 0 Å². The number of amides is 2. The van der Waals surface area contributed by atoms with Gasteiger partial charge in [-0.1, -0.05) is 17.7 Å². The Labute approximate surface area is 146 Å². The smallest absolute Gasteiger partial charge is 0.228 e. The van der Waals surface area contributed by atoms with Crippen molar-refractivity contribution in [2.24, 2.45) is 11.8 Å². The van der Waals surface area contributed by atoms with E-state index >= 15 is 0 Å². The summed E-state index contributed by atoms with van der Waals surface area (Å²) in [6, 6.07) is 8.17. The fourth-order valence-corrected chi connectivity index (χ4v) is 2.61. The summed E-state index contributed by atoms with van der Waals surface area (Å²) in [6.07, 6.45) is 0.281. The number of hydrogen-bond acceptors (Lipinski definition) is 2. The summed E-state index contributed by atoms with van der Waals surface area (Å²) in [5, 5.41) is 5.27. The fraction of sp³-hybridized carbons (Fsp3) is 0.176. The van der Waals surface area contributed by atoms with Gasteiger partial charge in [-0.25, -0.2) is 13.2 Å². The zero-order valence-corrected chi connectivity index (χ0v) is 13.4. The molecule has 0 radical (unpaired) electrons. The quantitative estimate of drug-likeness (QED) is 0.802. The third kappa shape index (κ3) is 3.76. The molecule has 4 nitrogen and oxygen atoms in total. The maximum atomic E-state index is 13.6. The predicted molar refractivity (Wildman–Crippen MR) is 86.6 cm³/mol. The number of carbonyl (C=O) groups is 2. The van der Waals surface area contributed by atoms with Crippen LogP contribution in [-0.2, 0) is 9.59 Å². The van der Waals surface area contributed by atoms with E-state index in [1.807, 2.05) is 0 Å². The van der Waals surface area contributed by atoms with Crippen LogP contribution >= 0.6 is 11.6 Å². The summed E-state index contributed by atoms with van der Waals surface area (Å²) in [7, 11) is 0. The zero-order chi connectivity index (χ0) is 18.1. The predicted octanol–water partition coefficient (Wildman–Crippen LogP) is 3.97. The number of benzene rings is 2. The lowest BCUT2D eigenvalue weighted by atomic mass is 10.2. The number of carbonyl (C=O) groups excluding carboxylic acids is 2. The minimum Gasteiger partial charge on any atom is -0.326 e. The van der Waals surface area contributed by atoms with Crippen LogP contribution < -0.4 is 10.6 Å². The molecule has 130 valence electrons. The Hall–Kier alpha value is -2.54. The first-order valence-electron chi connectivity index (χ1n) is 7.37. The van der Waals surface area contributed by atoms with Crippen LogP contribution in [0.4, 0.5) is 24.5 Å². The van der Waals surface area contributed by atoms with Crippen LogP contribution in [-0.4, -0.2) is 11.8 Å². The molecule has 8 heteroatoms. The lowest BCUT2D eigenvalue weighted by Crippen LogP contribution is -2.21. The van der Waals surface area contributed by atoms with E-state index in [1.54, 1.807) is 24.3 Å². The van der Waals surface area contributed by atoms with Gasteiger partial charge in [0.2, 0.25) is 11.8 Å². The molecule has 0 aromatic heterocycles. The molecule has 1 aliphatic carbocycles. The Bertz CT molecular complexity index is 860. The first kappa shape index (κ1) is 17.3. The van der Waals surface area contributed by atoms with E-state index in [2.05, 4.69) is 10.6 Å². The van der Waals surface area contributed by atoms with Gasteiger partial charge in [0.25, 0.3) is 0 Å². The van der Waals surface area contributed by atoms with Gasteiger partial charge in [-0.3, -0.25) is 9.59 Å². The average molecular weight is 369 g/mol. The molecule has 2 unspecified atom stereocenters. The van der Waals surface area contributed by atoms with Crippen LogP contribution in [0.1, 0.15) is 6.42 Å². The number of nitrogens with one attached hydrogen (secondary N) is 2. The van der Waals surface area contributed by atoms with Crippen LogP contribution in [0.5, 0.6) is 0 Å². The van der Waals surface area contributed by atoms with E-state index in [9.17, 15) is 22.8 Å². The van der Waals surface area contributed by atoms with Gasteiger partial charge in [0.1, 0.15) is 0 Å². The Kier molecular flexibility index (Phi) is 4.67. The van der Waals surface area contributed by atoms with Gasteiger partial charge in [-0.05, 0) is 36.8 Å². The Morgan fingerprint density at radius 2 is 1.64 bits per heavy atom. The topological polar surface area (TPSA) is 58.2 Å². The largest absolute Gasteiger partial charge is 0.326 e. The molecule has 0 saturated heterocycles. The minimum atomic E-state index is -1.66. The molecular formula is C17H12ClF3N2O2. The van der Waals surface area contributed by atoms with E-state index in [0.29, 0.717) is 16.8 Å². The van der Waals surface area contributed by atoms with E-state index in [0.717, 1.165) is 6.07 Å². The second-order valence-electron chi connectivity index (χ2n) is 5.66. The molecule has 0 aliphatic heterocycles. The maximum Gasteiger partial charge on any atom is 0.228 e. The summed E-state index contributed by atoms with van der Waals surface area (Å²) in [4.78, 5) is 24.2. The molecular weight excluding hydrogens is 357 g/mol. The zero-order valence-electron chi connectivity index (χ0n) is 12.7. The third-order valence-electron chi connectivity index (χ3n) is 3.85. The molecule has 0 bridgehead atoms. The molecule has 1 saturated carbocycles. The highest BCUT2D eigenvalue weighted by atomic mass is 35.5. The standard InChI is InChI=1S/C17H12ClF3N2O2/c18-8-2-1-3-9(6-8)22-16(24)10-7-11(10)17(25)23-13-5-4-12(19)14(20)15(13)21/h1-6,10-11H,7H2,(H,22,24)(H,23,25). The van der Waals surface area contributed by atoms with Gasteiger partial charge >= 0.3 is 0 Å². The number of hydrogen-bond donors (Lipinski definition) is 2. The van der Waals surface area contributed by atoms with Gasteiger partial charge in [-0.15, -0.1) is 0 Å². The third-order valence-corrected chi connectivity index (χ3v) is 4.08. The minimum absolute atomic E-state index is 0.281. The summed E-state index contributed by atoms with van der Waals surface area (Å²) < 4.78 is 39.6. The number of rotatable bonds is 4. The van der Waals surface area contributed by atoms with Crippen LogP contribution in [0, 0.1) is 29.3 Å². The molecule has 2 amide bonds. The van der Waals surface area contributed by atoms with Crippen molar-refractivity contribution in [2.45, 2.75) is 6.42 Å². The molecule has 3 rings (SSSR count). The highest BCUT2D eigenvalue weighted by Gasteiger charge is 2.48. The average Bonchev–Trinajstić information content (AvgIpc) is 3.36. The van der Waals surface area contributed by atoms with Gasteiger partial charge < -0.3 is 10.6 Å². The van der Waals surface area contributed by atoms with Gasteiger partial charge in [0.05, 0.1) is 17.5 Å². The second-order valence-corrected chi connectivity index (χ2v) is 6.10. The van der Waals surface area contributed by atoms with Gasteiger partial charge in [0.15, 0.2) is 17.5 Å². The second kappa shape index (κ2) is 6.76. The monoisotopic (exact) mass is 368 g/mol. The van der Waals surface area contributed by atoms with Crippen molar-refractivity contribution in [1.29, 1.82) is 0 Å². The van der Waals surface area contributed by atoms with E-state index in [4.69, 9.17) is 11.6 Å². The van der Waals surface area contributed by atoms with Gasteiger partial charge in [-0.2, -0.15) is 0 Å². The Morgan fingerprint density at radius 1 is 0.960 bits per heavy atom. The SMILES string of the molecule is O=C(Nc1cccc(Cl)c1)C1CC1C(=O)Nc1ccc(F)c(F)c1F. The normalized spacial score (nSPS) is 18.6. The summed E-state index contributed by atoms with van der Waals surface area (Å²) in [5.74, 6) is -6.72. The molecule has 1 aliphatic rings. The van der Waals surface area contributed by atoms with Crippen molar-refractivity contribution >= 4 is 34.8 Å². The Balaban J connectivity index is 1.60. The van der Waals surface area contributed by atoms with Crippen molar-refractivity contribution in [3.05, 3.63) is 58.9 Å². The maximum absolute atomic E-state index is 13.6. The first-order chi connectivity index (χ1) is 11.9. The first-order valence-corrected chi connectivity index (χ1v) is 7.75. The molecule has 2 aromatic rings. The van der Waals surface area contributed by atoms with Crippen molar-refractivity contribution < 1.29 is 22.8 Å². The molecule has 0 spiro atoms. The van der Waals surface area contributed by atoms with E-state index in [-0.39, 0.29) is 12.3 Å². The van der Waals surface area contributed by atoms with Crippen LogP contribution in [0.2, 0.25) is 5.02 Å². The lowest BCUT2D eigenvalue weighted by Gasteiger charge is -2.08. The summed E-state index contributed by atoms with van der Waals surface area (Å²) >= 11 is 5.82. The lowest BCUT2D eigenvalue weighted by molar-refractivity contribution is -0.122. The van der Waals surface area contributed by atoms with Crippen LogP contribution in [0.15, 0.2) is 36.4 Å². The van der Waals surface area contributed by atoms with E-state index < -0.39 is 40.9 Å². The highest BCUT2D eigenvalue weighted by Crippen LogP contribution is 2.40. The molecule has 25 heavy (non-hydrogen) atoms. The van der Waals surface area contributed by atoms with Crippen molar-refractivity contribution in [1.82, 2.24) is 0 Å². The van der Waals surface area contributed by atoms with Gasteiger partial charge in [0, 0.05) is 10.7 Å². The highest BCUT2D eigenvalue weighted by molar-refractivity contribution is 6.30. The van der Waals surface area contributed by atoms with Crippen LogP contribution in [0.3, 0.4) is 0 Å². The number of anilines is 2. The molecule has 2 atom stereocenters. The van der Waals surface area contributed by atoms with Crippen LogP contribution in [0.25, 0.3) is 0 Å². The van der Waals surface area contributed by atoms with Crippen molar-refractivity contribution in [3.63, 3.8) is 0 Å². The molecule has 1 fully saturated rings. The summed E-state index contributed by atoms with van der Waals surface area (Å²) in [5.41, 5.74) is 0.0278. The fourth-order valence-electron chi connectivity index (χ4n) is 2.42. The van der Waals surface area contributed by atoms with E-state index in [1.165, 1.54) is 0 Å². The number of halogens is 4.